The Kier molecular flexibility index (Phi) is 19.4. The zero-order chi connectivity index (χ0) is 29.7. The Morgan fingerprint density at radius 2 is 1.64 bits per heavy atom. The topological polar surface area (TPSA) is 85.9 Å². The number of hydroxylamine groups is 1. The number of hydrogen-bond donors (Lipinski definition) is 2. The van der Waals surface area contributed by atoms with Crippen molar-refractivity contribution in [1.29, 1.82) is 0 Å². The Morgan fingerprint density at radius 1 is 0.974 bits per heavy atom. The van der Waals surface area contributed by atoms with Gasteiger partial charge in [-0.15, -0.1) is 0 Å². The van der Waals surface area contributed by atoms with Crippen molar-refractivity contribution in [1.82, 2.24) is 10.8 Å². The summed E-state index contributed by atoms with van der Waals surface area (Å²) in [5.41, 5.74) is 3.55. The molecule has 2 N–H and O–H groups in total. The molecule has 0 saturated heterocycles. The maximum Gasteiger partial charge on any atom is 0.416 e. The number of benzene rings is 2. The summed E-state index contributed by atoms with van der Waals surface area (Å²) >= 11 is 0. The summed E-state index contributed by atoms with van der Waals surface area (Å²) in [6.45, 7) is 10.6. The van der Waals surface area contributed by atoms with E-state index in [1.807, 2.05) is 27.7 Å². The fourth-order valence-electron chi connectivity index (χ4n) is 3.24. The fourth-order valence-corrected chi connectivity index (χ4v) is 3.24. The van der Waals surface area contributed by atoms with Crippen LogP contribution >= 0.6 is 0 Å². The van der Waals surface area contributed by atoms with Crippen molar-refractivity contribution in [3.8, 4) is 5.75 Å². The van der Waals surface area contributed by atoms with Gasteiger partial charge in [0, 0.05) is 26.2 Å². The maximum atomic E-state index is 12.9. The Bertz CT molecular complexity index is 924. The zero-order valence-corrected chi connectivity index (χ0v) is 23.8. The first kappa shape index (κ1) is 36.1. The molecule has 0 heterocycles. The minimum Gasteiger partial charge on any atom is -0.410 e. The van der Waals surface area contributed by atoms with Crippen LogP contribution in [0.15, 0.2) is 48.5 Å². The summed E-state index contributed by atoms with van der Waals surface area (Å²) in [4.78, 5) is 28.4. The van der Waals surface area contributed by atoms with E-state index in [0.29, 0.717) is 24.3 Å². The molecule has 0 radical (unpaired) electrons. The van der Waals surface area contributed by atoms with Crippen molar-refractivity contribution >= 4 is 12.4 Å². The zero-order valence-electron chi connectivity index (χ0n) is 23.8. The van der Waals surface area contributed by atoms with Crippen molar-refractivity contribution in [3.63, 3.8) is 0 Å². The molecule has 2 rings (SSSR count). The molecule has 1 amide bonds. The van der Waals surface area contributed by atoms with E-state index in [1.165, 1.54) is 12.1 Å². The highest BCUT2D eigenvalue weighted by atomic mass is 19.4. The molecular formula is C29H43F3N2O5. The summed E-state index contributed by atoms with van der Waals surface area (Å²) in [5, 5.41) is 2.55. The lowest BCUT2D eigenvalue weighted by Crippen LogP contribution is -2.32. The molecule has 220 valence electrons. The number of halogens is 3. The van der Waals surface area contributed by atoms with E-state index < -0.39 is 17.8 Å². The van der Waals surface area contributed by atoms with Gasteiger partial charge in [-0.05, 0) is 54.7 Å². The monoisotopic (exact) mass is 556 g/mol. The van der Waals surface area contributed by atoms with Gasteiger partial charge in [-0.25, -0.2) is 4.79 Å². The number of alkyl halides is 3. The van der Waals surface area contributed by atoms with E-state index in [9.17, 15) is 22.8 Å². The first-order valence-electron chi connectivity index (χ1n) is 13.3. The summed E-state index contributed by atoms with van der Waals surface area (Å²) in [6.07, 6.45) is -2.07. The first-order valence-corrected chi connectivity index (χ1v) is 13.3. The predicted molar refractivity (Wildman–Crippen MR) is 147 cm³/mol. The van der Waals surface area contributed by atoms with Gasteiger partial charge in [0.05, 0.1) is 18.2 Å². The van der Waals surface area contributed by atoms with Gasteiger partial charge in [-0.1, -0.05) is 58.9 Å². The standard InChI is InChI=1S/C25H31F3N2O5.2C2H6/c1-18(17-31)20-6-5-7-22(16-20)35-24(32)29-13-15-34-30-23(8-3-4-14-33-2)19-9-11-21(12-10-19)25(26,27)28;2*1-2/h5-7,9-12,16-18,23,30H,3-4,8,13-15H2,1-2H3,(H,29,32);2*1-2H3. The third-order valence-corrected chi connectivity index (χ3v) is 5.23. The largest absolute Gasteiger partial charge is 0.416 e. The highest BCUT2D eigenvalue weighted by Gasteiger charge is 2.30. The molecule has 0 bridgehead atoms. The molecule has 39 heavy (non-hydrogen) atoms. The molecule has 7 nitrogen and oxygen atoms in total. The van der Waals surface area contributed by atoms with Crippen LogP contribution in [0.4, 0.5) is 18.0 Å². The third kappa shape index (κ3) is 14.7. The lowest BCUT2D eigenvalue weighted by Gasteiger charge is -2.20. The van der Waals surface area contributed by atoms with Gasteiger partial charge in [-0.3, -0.25) is 4.84 Å². The maximum absolute atomic E-state index is 12.9. The average molecular weight is 557 g/mol. The Morgan fingerprint density at radius 3 is 2.23 bits per heavy atom. The molecule has 10 heteroatoms. The molecule has 2 aromatic rings. The predicted octanol–water partition coefficient (Wildman–Crippen LogP) is 7.23. The molecule has 0 saturated carbocycles. The highest BCUT2D eigenvalue weighted by molar-refractivity contribution is 5.70. The van der Waals surface area contributed by atoms with Crippen molar-refractivity contribution in [3.05, 3.63) is 65.2 Å². The number of aldehydes is 1. The molecule has 0 fully saturated rings. The van der Waals surface area contributed by atoms with Gasteiger partial charge in [-0.2, -0.15) is 18.7 Å². The van der Waals surface area contributed by atoms with Crippen LogP contribution in [0.1, 0.15) is 82.5 Å². The number of nitrogens with one attached hydrogen (secondary N) is 2. The molecule has 0 aliphatic heterocycles. The number of unbranched alkanes of at least 4 members (excludes halogenated alkanes) is 1. The van der Waals surface area contributed by atoms with Gasteiger partial charge in [0.15, 0.2) is 0 Å². The molecule has 2 atom stereocenters. The summed E-state index contributed by atoms with van der Waals surface area (Å²) in [5.74, 6) is -0.000588. The Balaban J connectivity index is 0.00000344. The minimum atomic E-state index is -4.40. The molecule has 0 aliphatic carbocycles. The number of amides is 1. The van der Waals surface area contributed by atoms with Crippen LogP contribution in [0.2, 0.25) is 0 Å². The molecule has 0 spiro atoms. The average Bonchev–Trinajstić information content (AvgIpc) is 2.95. The number of ether oxygens (including phenoxy) is 2. The normalized spacial score (nSPS) is 12.1. The Labute approximate surface area is 230 Å². The number of methoxy groups -OCH3 is 1. The van der Waals surface area contributed by atoms with Crippen LogP contribution < -0.4 is 15.5 Å². The second kappa shape index (κ2) is 20.9. The molecule has 2 unspecified atom stereocenters. The van der Waals surface area contributed by atoms with Gasteiger partial charge in [0.1, 0.15) is 12.0 Å². The molecule has 0 aromatic heterocycles. The number of carbonyl (C=O) groups is 2. The molecule has 2 aromatic carbocycles. The summed E-state index contributed by atoms with van der Waals surface area (Å²) in [6, 6.07) is 11.3. The first-order chi connectivity index (χ1) is 18.7. The van der Waals surface area contributed by atoms with Gasteiger partial charge in [0.2, 0.25) is 0 Å². The van der Waals surface area contributed by atoms with Crippen LogP contribution in [0.25, 0.3) is 0 Å². The van der Waals surface area contributed by atoms with E-state index in [4.69, 9.17) is 14.3 Å². The van der Waals surface area contributed by atoms with E-state index in [0.717, 1.165) is 36.8 Å². The second-order valence-electron chi connectivity index (χ2n) is 7.94. The van der Waals surface area contributed by atoms with Gasteiger partial charge in [0.25, 0.3) is 0 Å². The number of rotatable bonds is 14. The minimum absolute atomic E-state index is 0.104. The van der Waals surface area contributed by atoms with Gasteiger partial charge >= 0.3 is 12.3 Å². The fraction of sp³-hybridized carbons (Fsp3) is 0.517. The van der Waals surface area contributed by atoms with Crippen LogP contribution in [0, 0.1) is 0 Å². The van der Waals surface area contributed by atoms with E-state index in [1.54, 1.807) is 38.3 Å². The van der Waals surface area contributed by atoms with Crippen LogP contribution in [0.5, 0.6) is 5.75 Å². The van der Waals surface area contributed by atoms with Crippen molar-refractivity contribution in [2.45, 2.75) is 72.0 Å². The molecular weight excluding hydrogens is 513 g/mol. The smallest absolute Gasteiger partial charge is 0.410 e. The van der Waals surface area contributed by atoms with E-state index >= 15 is 0 Å². The van der Waals surface area contributed by atoms with Crippen molar-refractivity contribution in [2.75, 3.05) is 26.9 Å². The van der Waals surface area contributed by atoms with Gasteiger partial charge < -0.3 is 19.6 Å². The van der Waals surface area contributed by atoms with Crippen LogP contribution in [-0.4, -0.2) is 39.2 Å². The molecule has 0 aliphatic rings. The summed E-state index contributed by atoms with van der Waals surface area (Å²) < 4.78 is 48.8. The van der Waals surface area contributed by atoms with E-state index in [2.05, 4.69) is 10.8 Å². The quantitative estimate of drug-likeness (QED) is 0.145. The summed E-state index contributed by atoms with van der Waals surface area (Å²) in [7, 11) is 1.61. The van der Waals surface area contributed by atoms with Crippen molar-refractivity contribution < 1.29 is 37.1 Å². The second-order valence-corrected chi connectivity index (χ2v) is 7.94. The number of carbonyl (C=O) groups excluding carboxylic acids is 2. The van der Waals surface area contributed by atoms with Crippen molar-refractivity contribution in [2.24, 2.45) is 0 Å². The lowest BCUT2D eigenvalue weighted by atomic mass is 10.0. The van der Waals surface area contributed by atoms with E-state index in [-0.39, 0.29) is 25.1 Å². The number of hydrogen-bond acceptors (Lipinski definition) is 6. The third-order valence-electron chi connectivity index (χ3n) is 5.23. The lowest BCUT2D eigenvalue weighted by molar-refractivity contribution is -0.137. The SMILES string of the molecule is CC.CC.COCCCCC(NOCCNC(=O)Oc1cccc(C(C)C=O)c1)c1ccc(C(F)(F)F)cc1. The highest BCUT2D eigenvalue weighted by Crippen LogP contribution is 2.30. The Hall–Kier alpha value is -2.95. The van der Waals surface area contributed by atoms with Crippen LogP contribution in [-0.2, 0) is 20.5 Å². The van der Waals surface area contributed by atoms with Crippen LogP contribution in [0.3, 0.4) is 0 Å².